The van der Waals surface area contributed by atoms with Crippen LogP contribution in [0.25, 0.3) is 6.08 Å². The van der Waals surface area contributed by atoms with Crippen LogP contribution in [0.1, 0.15) is 53.2 Å². The second kappa shape index (κ2) is 8.73. The number of carbonyl (C=O) groups excluding carboxylic acids is 1. The molecule has 0 saturated carbocycles. The van der Waals surface area contributed by atoms with Crippen molar-refractivity contribution in [1.29, 1.82) is 0 Å². The Labute approximate surface area is 196 Å². The number of aromatic nitrogens is 2. The molecule has 0 radical (unpaired) electrons. The van der Waals surface area contributed by atoms with Crippen LogP contribution in [0.15, 0.2) is 54.1 Å². The van der Waals surface area contributed by atoms with E-state index in [4.69, 9.17) is 9.47 Å². The molecular weight excluding hydrogens is 416 g/mol. The number of fused-ring (bicyclic) bond motifs is 3. The van der Waals surface area contributed by atoms with E-state index in [9.17, 15) is 9.90 Å². The molecule has 1 aliphatic carbocycles. The molecule has 2 bridgehead atoms. The van der Waals surface area contributed by atoms with Crippen molar-refractivity contribution in [2.24, 2.45) is 30.7 Å². The van der Waals surface area contributed by atoms with E-state index in [1.165, 1.54) is 11.6 Å². The SMILES string of the molecule is CC1=CC[C@H](C(C)C)[C@H]2/C=C(/C)[C@@]3(O)C=C[C@](C)(O3)[C@@H](OC(=O)/C=C/c3cn(C)cn3)C[C@@H]12. The summed E-state index contributed by atoms with van der Waals surface area (Å²) in [5.74, 6) is -0.550. The van der Waals surface area contributed by atoms with Crippen LogP contribution in [-0.2, 0) is 21.3 Å². The molecule has 0 fully saturated rings. The minimum absolute atomic E-state index is 0.204. The Morgan fingerprint density at radius 3 is 2.79 bits per heavy atom. The van der Waals surface area contributed by atoms with E-state index < -0.39 is 23.5 Å². The van der Waals surface area contributed by atoms with Gasteiger partial charge in [-0.15, -0.1) is 0 Å². The van der Waals surface area contributed by atoms with E-state index in [1.54, 1.807) is 18.5 Å². The number of aliphatic hydroxyl groups is 1. The van der Waals surface area contributed by atoms with Crippen molar-refractivity contribution >= 4 is 12.0 Å². The Hall–Kier alpha value is -2.44. The van der Waals surface area contributed by atoms with Gasteiger partial charge < -0.3 is 19.1 Å². The zero-order chi connectivity index (χ0) is 24.0. The van der Waals surface area contributed by atoms with Crippen LogP contribution in [0.3, 0.4) is 0 Å². The highest BCUT2D eigenvalue weighted by molar-refractivity contribution is 5.86. The first-order valence-electron chi connectivity index (χ1n) is 11.9. The molecule has 0 amide bonds. The van der Waals surface area contributed by atoms with Crippen molar-refractivity contribution in [3.05, 3.63) is 59.7 Å². The van der Waals surface area contributed by atoms with Gasteiger partial charge in [-0.2, -0.15) is 0 Å². The highest BCUT2D eigenvalue weighted by Gasteiger charge is 2.51. The van der Waals surface area contributed by atoms with E-state index in [-0.39, 0.29) is 11.8 Å². The van der Waals surface area contributed by atoms with Crippen molar-refractivity contribution in [1.82, 2.24) is 9.55 Å². The molecule has 3 aliphatic rings. The Morgan fingerprint density at radius 2 is 2.12 bits per heavy atom. The average molecular weight is 453 g/mol. The molecule has 0 aromatic carbocycles. The molecule has 6 heteroatoms. The number of aryl methyl sites for hydroxylation is 1. The number of imidazole rings is 1. The molecule has 178 valence electrons. The minimum Gasteiger partial charge on any atom is -0.456 e. The lowest BCUT2D eigenvalue weighted by Gasteiger charge is -2.41. The zero-order valence-corrected chi connectivity index (χ0v) is 20.5. The molecule has 4 rings (SSSR count). The van der Waals surface area contributed by atoms with Gasteiger partial charge in [-0.1, -0.05) is 31.6 Å². The maximum atomic E-state index is 12.8. The molecule has 1 N–H and O–H groups in total. The summed E-state index contributed by atoms with van der Waals surface area (Å²) < 4.78 is 14.1. The molecule has 1 aromatic heterocycles. The fraction of sp³-hybridized carbons (Fsp3) is 0.556. The first kappa shape index (κ1) is 23.7. The van der Waals surface area contributed by atoms with Gasteiger partial charge in [0.25, 0.3) is 0 Å². The maximum absolute atomic E-state index is 12.8. The van der Waals surface area contributed by atoms with Crippen molar-refractivity contribution in [3.63, 3.8) is 0 Å². The maximum Gasteiger partial charge on any atom is 0.331 e. The van der Waals surface area contributed by atoms with Gasteiger partial charge in [-0.3, -0.25) is 0 Å². The van der Waals surface area contributed by atoms with Crippen LogP contribution in [0.5, 0.6) is 0 Å². The lowest BCUT2D eigenvalue weighted by molar-refractivity contribution is -0.214. The molecule has 2 aliphatic heterocycles. The highest BCUT2D eigenvalue weighted by Crippen LogP contribution is 2.48. The fourth-order valence-electron chi connectivity index (χ4n) is 5.49. The molecule has 6 atom stereocenters. The molecule has 33 heavy (non-hydrogen) atoms. The van der Waals surface area contributed by atoms with Crippen LogP contribution in [0, 0.1) is 23.7 Å². The first-order chi connectivity index (χ1) is 15.5. The average Bonchev–Trinajstić information content (AvgIpc) is 3.31. The van der Waals surface area contributed by atoms with E-state index >= 15 is 0 Å². The largest absolute Gasteiger partial charge is 0.456 e. The van der Waals surface area contributed by atoms with Gasteiger partial charge in [0.05, 0.1) is 12.0 Å². The quantitative estimate of drug-likeness (QED) is 0.411. The summed E-state index contributed by atoms with van der Waals surface area (Å²) in [6.45, 7) is 10.5. The number of ether oxygens (including phenoxy) is 2. The topological polar surface area (TPSA) is 73.6 Å². The number of rotatable bonds is 4. The second-order valence-electron chi connectivity index (χ2n) is 10.4. The van der Waals surface area contributed by atoms with Gasteiger partial charge in [-0.25, -0.2) is 9.78 Å². The Balaban J connectivity index is 1.67. The van der Waals surface area contributed by atoms with Crippen LogP contribution >= 0.6 is 0 Å². The lowest BCUT2D eigenvalue weighted by Crippen LogP contribution is -2.46. The number of allylic oxidation sites excluding steroid dienone is 3. The summed E-state index contributed by atoms with van der Waals surface area (Å²) >= 11 is 0. The summed E-state index contributed by atoms with van der Waals surface area (Å²) in [5, 5.41) is 11.3. The molecule has 3 heterocycles. The summed E-state index contributed by atoms with van der Waals surface area (Å²) in [6, 6.07) is 0. The van der Waals surface area contributed by atoms with E-state index in [0.717, 1.165) is 12.0 Å². The third-order valence-corrected chi connectivity index (χ3v) is 7.62. The van der Waals surface area contributed by atoms with Gasteiger partial charge in [0.1, 0.15) is 11.7 Å². The highest BCUT2D eigenvalue weighted by atomic mass is 16.7. The summed E-state index contributed by atoms with van der Waals surface area (Å²) in [5.41, 5.74) is 1.86. The normalized spacial score (nSPS) is 37.7. The van der Waals surface area contributed by atoms with Gasteiger partial charge in [0, 0.05) is 19.3 Å². The third kappa shape index (κ3) is 4.64. The van der Waals surface area contributed by atoms with Crippen LogP contribution < -0.4 is 0 Å². The monoisotopic (exact) mass is 452 g/mol. The van der Waals surface area contributed by atoms with Gasteiger partial charge in [0.2, 0.25) is 5.79 Å². The fourth-order valence-corrected chi connectivity index (χ4v) is 5.49. The molecule has 0 saturated heterocycles. The lowest BCUT2D eigenvalue weighted by atomic mass is 9.65. The van der Waals surface area contributed by atoms with E-state index in [2.05, 4.69) is 37.9 Å². The number of esters is 1. The number of hydrogen-bond acceptors (Lipinski definition) is 5. The van der Waals surface area contributed by atoms with E-state index in [1.807, 2.05) is 37.7 Å². The summed E-state index contributed by atoms with van der Waals surface area (Å²) in [7, 11) is 1.88. The molecule has 0 unspecified atom stereocenters. The Morgan fingerprint density at radius 1 is 1.36 bits per heavy atom. The summed E-state index contributed by atoms with van der Waals surface area (Å²) in [6.07, 6.45) is 15.7. The molecule has 1 aromatic rings. The first-order valence-corrected chi connectivity index (χ1v) is 11.9. The number of hydrogen-bond donors (Lipinski definition) is 1. The molecule has 0 spiro atoms. The number of nitrogens with zero attached hydrogens (tertiary/aromatic N) is 2. The molecular formula is C27H36N2O4. The Bertz CT molecular complexity index is 1030. The van der Waals surface area contributed by atoms with Crippen molar-refractivity contribution < 1.29 is 19.4 Å². The smallest absolute Gasteiger partial charge is 0.331 e. The van der Waals surface area contributed by atoms with Gasteiger partial charge in [0.15, 0.2) is 0 Å². The van der Waals surface area contributed by atoms with Crippen LogP contribution in [0.2, 0.25) is 0 Å². The predicted molar refractivity (Wildman–Crippen MR) is 128 cm³/mol. The Kier molecular flexibility index (Phi) is 6.27. The van der Waals surface area contributed by atoms with Crippen molar-refractivity contribution in [2.45, 2.75) is 65.0 Å². The second-order valence-corrected chi connectivity index (χ2v) is 10.4. The third-order valence-electron chi connectivity index (χ3n) is 7.62. The van der Waals surface area contributed by atoms with Gasteiger partial charge >= 0.3 is 5.97 Å². The van der Waals surface area contributed by atoms with Gasteiger partial charge in [-0.05, 0) is 81.1 Å². The predicted octanol–water partition coefficient (Wildman–Crippen LogP) is 4.58. The summed E-state index contributed by atoms with van der Waals surface area (Å²) in [4.78, 5) is 17.1. The van der Waals surface area contributed by atoms with Crippen LogP contribution in [-0.4, -0.2) is 38.1 Å². The zero-order valence-electron chi connectivity index (χ0n) is 20.5. The minimum atomic E-state index is -1.49. The van der Waals surface area contributed by atoms with Crippen molar-refractivity contribution in [3.8, 4) is 0 Å². The number of carbonyl (C=O) groups is 1. The molecule has 6 nitrogen and oxygen atoms in total. The standard InChI is InChI=1S/C27H36N2O4/c1-17(2)21-9-7-18(3)22-14-24(32-25(30)10-8-20-15-29(6)16-28-20)26(5)11-12-27(31,33-26)19(4)13-23(21)22/h7-8,10-13,15-17,21-24,31H,9,14H2,1-6H3/b10-8+,19-13-/t21-,22+,23-,24+,26+,27-/m1/s1. The van der Waals surface area contributed by atoms with Crippen LogP contribution in [0.4, 0.5) is 0 Å². The van der Waals surface area contributed by atoms with E-state index in [0.29, 0.717) is 24.0 Å². The van der Waals surface area contributed by atoms with Crippen molar-refractivity contribution in [2.75, 3.05) is 0 Å².